The molecule has 0 aromatic heterocycles. The van der Waals surface area contributed by atoms with E-state index < -0.39 is 104 Å². The smallest absolute Gasteiger partial charge is 0.320 e. The van der Waals surface area contributed by atoms with Crippen LogP contribution in [0.3, 0.4) is 0 Å². The number of aliphatic hydroxyl groups is 2. The van der Waals surface area contributed by atoms with Crippen LogP contribution in [-0.2, 0) is 61.8 Å². The number of alkyl halides is 1. The molecule has 4 heterocycles. The van der Waals surface area contributed by atoms with Crippen molar-refractivity contribution >= 4 is 29.5 Å². The molecule has 4 aliphatic heterocycles. The maximum atomic E-state index is 11.9. The van der Waals surface area contributed by atoms with E-state index in [9.17, 15) is 24.6 Å². The molecule has 1 unspecified atom stereocenters. The molecule has 4 rings (SSSR count). The Morgan fingerprint density at radius 2 is 1.50 bits per heavy atom. The quantitative estimate of drug-likeness (QED) is 0.198. The van der Waals surface area contributed by atoms with Crippen molar-refractivity contribution in [3.05, 3.63) is 0 Å². The molecular weight excluding hydrogens is 540 g/mol. The van der Waals surface area contributed by atoms with E-state index >= 15 is 0 Å². The van der Waals surface area contributed by atoms with E-state index in [2.05, 4.69) is 0 Å². The van der Waals surface area contributed by atoms with Crippen LogP contribution in [0.5, 0.6) is 0 Å². The number of esters is 3. The number of hydrogen-bond donors (Lipinski definition) is 2. The van der Waals surface area contributed by atoms with Gasteiger partial charge in [0.15, 0.2) is 37.2 Å². The van der Waals surface area contributed by atoms with E-state index in [1.54, 1.807) is 6.92 Å². The summed E-state index contributed by atoms with van der Waals surface area (Å²) in [7, 11) is 0. The zero-order valence-electron chi connectivity index (χ0n) is 21.1. The van der Waals surface area contributed by atoms with E-state index in [1.807, 2.05) is 0 Å². The van der Waals surface area contributed by atoms with Gasteiger partial charge in [0.25, 0.3) is 5.97 Å². The lowest BCUT2D eigenvalue weighted by atomic mass is 9.98. The first-order chi connectivity index (χ1) is 17.9. The van der Waals surface area contributed by atoms with Crippen LogP contribution in [-0.4, -0.2) is 121 Å². The van der Waals surface area contributed by atoms with Gasteiger partial charge >= 0.3 is 17.9 Å². The molecule has 2 N–H and O–H groups in total. The zero-order valence-corrected chi connectivity index (χ0v) is 21.8. The first kappa shape index (κ1) is 29.3. The molecule has 0 aromatic rings. The second-order valence-corrected chi connectivity index (χ2v) is 9.48. The summed E-state index contributed by atoms with van der Waals surface area (Å²) < 4.78 is 55.7. The summed E-state index contributed by atoms with van der Waals surface area (Å²) in [4.78, 5) is 35.3. The third kappa shape index (κ3) is 6.38. The van der Waals surface area contributed by atoms with Crippen LogP contribution in [0.2, 0.25) is 0 Å². The Morgan fingerprint density at radius 3 is 2.16 bits per heavy atom. The summed E-state index contributed by atoms with van der Waals surface area (Å²) in [5.41, 5.74) is 0. The summed E-state index contributed by atoms with van der Waals surface area (Å²) in [6.45, 7) is 4.61. The van der Waals surface area contributed by atoms with Gasteiger partial charge in [-0.2, -0.15) is 0 Å². The fourth-order valence-corrected chi connectivity index (χ4v) is 4.71. The minimum atomic E-state index is -1.82. The lowest BCUT2D eigenvalue weighted by molar-refractivity contribution is -0.359. The van der Waals surface area contributed by atoms with Crippen molar-refractivity contribution in [3.63, 3.8) is 0 Å². The zero-order chi connectivity index (χ0) is 27.8. The highest BCUT2D eigenvalue weighted by molar-refractivity contribution is 6.26. The molecule has 15 nitrogen and oxygen atoms in total. The lowest BCUT2D eigenvalue weighted by Gasteiger charge is -2.40. The molecule has 4 saturated heterocycles. The topological polar surface area (TPSA) is 184 Å². The number of aliphatic hydroxyl groups excluding tert-OH is 2. The minimum Gasteiger partial charge on any atom is -0.462 e. The monoisotopic (exact) mass is 570 g/mol. The molecule has 0 aliphatic carbocycles. The second-order valence-electron chi connectivity index (χ2n) is 9.21. The summed E-state index contributed by atoms with van der Waals surface area (Å²) in [5.74, 6) is -4.41. The number of rotatable bonds is 8. The molecule has 0 aromatic carbocycles. The van der Waals surface area contributed by atoms with Crippen molar-refractivity contribution in [2.24, 2.45) is 0 Å². The number of ether oxygens (including phenoxy) is 10. The Balaban J connectivity index is 1.47. The number of carbonyl (C=O) groups is 3. The maximum absolute atomic E-state index is 11.9. The number of fused-ring (bicyclic) bond motifs is 2. The molecule has 0 bridgehead atoms. The first-order valence-electron chi connectivity index (χ1n) is 11.9. The predicted octanol–water partition coefficient (Wildman–Crippen LogP) is -1.33. The van der Waals surface area contributed by atoms with Crippen molar-refractivity contribution in [1.29, 1.82) is 0 Å². The largest absolute Gasteiger partial charge is 0.462 e. The molecule has 0 amide bonds. The van der Waals surface area contributed by atoms with Crippen LogP contribution < -0.4 is 0 Å². The molecule has 4 aliphatic rings. The average Bonchev–Trinajstić information content (AvgIpc) is 3.39. The summed E-state index contributed by atoms with van der Waals surface area (Å²) in [5, 5.41) is 20.9. The average molecular weight is 571 g/mol. The maximum Gasteiger partial charge on any atom is 0.320 e. The van der Waals surface area contributed by atoms with E-state index in [0.29, 0.717) is 0 Å². The van der Waals surface area contributed by atoms with Gasteiger partial charge in [0.2, 0.25) is 0 Å². The molecule has 16 heteroatoms. The van der Waals surface area contributed by atoms with Gasteiger partial charge in [0.1, 0.15) is 43.0 Å². The molecule has 216 valence electrons. The Hall–Kier alpha value is -1.66. The summed E-state index contributed by atoms with van der Waals surface area (Å²) >= 11 is 5.48. The van der Waals surface area contributed by atoms with Crippen LogP contribution in [0, 0.1) is 0 Å². The van der Waals surface area contributed by atoms with Gasteiger partial charge in [0.05, 0.1) is 6.61 Å². The van der Waals surface area contributed by atoms with Crippen molar-refractivity contribution in [3.8, 4) is 0 Å². The predicted molar refractivity (Wildman–Crippen MR) is 118 cm³/mol. The standard InChI is InChI=1S/C22H31ClO15/c1-8(24)31-16-12(6-29-13(26)5-23)36-21-19(18(16)32-9(2)25)37-22(4,38-21)30-7-11-14(27)15(28)17-20(35-11)34-10(3)33-17/h10-12,14-21,27-28H,5-7H2,1-4H3/t10?,11-,12-,14-,15+,16-,17-,18+,19-,20+,21-,22+/m1/s1. The molecular formula is C22H31ClO15. The molecule has 0 spiro atoms. The van der Waals surface area contributed by atoms with Gasteiger partial charge in [-0.25, -0.2) is 0 Å². The van der Waals surface area contributed by atoms with Crippen LogP contribution in [0.4, 0.5) is 0 Å². The van der Waals surface area contributed by atoms with Crippen LogP contribution in [0.1, 0.15) is 27.7 Å². The molecule has 0 radical (unpaired) electrons. The van der Waals surface area contributed by atoms with Crippen LogP contribution >= 0.6 is 11.6 Å². The fraction of sp³-hybridized carbons (Fsp3) is 0.864. The van der Waals surface area contributed by atoms with Crippen LogP contribution in [0.25, 0.3) is 0 Å². The number of halogens is 1. The van der Waals surface area contributed by atoms with E-state index in [1.165, 1.54) is 6.92 Å². The van der Waals surface area contributed by atoms with Gasteiger partial charge in [0, 0.05) is 20.8 Å². The molecule has 4 fully saturated rings. The lowest BCUT2D eigenvalue weighted by Crippen LogP contribution is -2.60. The Labute approximate surface area is 222 Å². The van der Waals surface area contributed by atoms with Crippen molar-refractivity contribution in [1.82, 2.24) is 0 Å². The second kappa shape index (κ2) is 11.8. The molecule has 0 saturated carbocycles. The summed E-state index contributed by atoms with van der Waals surface area (Å²) in [6.07, 6.45) is -12.1. The van der Waals surface area contributed by atoms with Gasteiger partial charge in [-0.3, -0.25) is 19.1 Å². The Kier molecular flexibility index (Phi) is 9.13. The van der Waals surface area contributed by atoms with Crippen molar-refractivity contribution < 1.29 is 72.0 Å². The van der Waals surface area contributed by atoms with Gasteiger partial charge in [-0.15, -0.1) is 11.6 Å². The fourth-order valence-electron chi connectivity index (χ4n) is 4.63. The number of carbonyl (C=O) groups excluding carboxylic acids is 3. The molecule has 12 atom stereocenters. The molecule has 38 heavy (non-hydrogen) atoms. The first-order valence-corrected chi connectivity index (χ1v) is 12.5. The highest BCUT2D eigenvalue weighted by Gasteiger charge is 2.60. The Bertz CT molecular complexity index is 887. The van der Waals surface area contributed by atoms with Crippen molar-refractivity contribution in [2.75, 3.05) is 19.1 Å². The Morgan fingerprint density at radius 1 is 0.842 bits per heavy atom. The van der Waals surface area contributed by atoms with Gasteiger partial charge in [-0.1, -0.05) is 0 Å². The highest BCUT2D eigenvalue weighted by atomic mass is 35.5. The SMILES string of the molecule is CC(=O)O[C@@H]1[C@H]2O[C@](C)(OC[C@H]3O[C@@H]4OC(C)O[C@@H]4[C@@H](O)[C@@H]3O)O[C@H]2O[C@H](COC(=O)CCl)[C@H]1OC(C)=O. The van der Waals surface area contributed by atoms with Gasteiger partial charge in [-0.05, 0) is 6.92 Å². The third-order valence-corrected chi connectivity index (χ3v) is 6.44. The van der Waals surface area contributed by atoms with Gasteiger partial charge < -0.3 is 52.8 Å². The normalized spacial score (nSPS) is 44.1. The third-order valence-electron chi connectivity index (χ3n) is 6.22. The summed E-state index contributed by atoms with van der Waals surface area (Å²) in [6, 6.07) is 0. The van der Waals surface area contributed by atoms with E-state index in [-0.39, 0.29) is 6.61 Å². The highest BCUT2D eigenvalue weighted by Crippen LogP contribution is 2.40. The van der Waals surface area contributed by atoms with E-state index in [4.69, 9.17) is 59.0 Å². The number of hydrogen-bond acceptors (Lipinski definition) is 15. The van der Waals surface area contributed by atoms with Crippen molar-refractivity contribution in [2.45, 2.75) is 101 Å². The minimum absolute atomic E-state index is 0.322. The van der Waals surface area contributed by atoms with E-state index in [0.717, 1.165) is 13.8 Å². The van der Waals surface area contributed by atoms with Crippen LogP contribution in [0.15, 0.2) is 0 Å².